The molecule has 0 saturated carbocycles. The van der Waals surface area contributed by atoms with E-state index < -0.39 is 0 Å². The minimum atomic E-state index is 0.118. The molecule has 0 saturated heterocycles. The average molecular weight is 685 g/mol. The summed E-state index contributed by atoms with van der Waals surface area (Å²) < 4.78 is 0. The largest absolute Gasteiger partial charge is 0.0767 e. The van der Waals surface area contributed by atoms with Gasteiger partial charge in [-0.05, 0) is 115 Å². The molecule has 5 unspecified atom stereocenters. The third kappa shape index (κ3) is 5.49. The molecule has 0 aliphatic heterocycles. The third-order valence-electron chi connectivity index (χ3n) is 13.5. The molecule has 0 heteroatoms. The first kappa shape index (κ1) is 32.5. The lowest BCUT2D eigenvalue weighted by Crippen LogP contribution is -2.41. The van der Waals surface area contributed by atoms with Crippen molar-refractivity contribution >= 4 is 16.7 Å². The molecule has 0 N–H and O–H groups in total. The number of rotatable bonds is 5. The summed E-state index contributed by atoms with van der Waals surface area (Å²) in [7, 11) is 0. The molecule has 0 amide bonds. The second-order valence-electron chi connectivity index (χ2n) is 16.6. The summed E-state index contributed by atoms with van der Waals surface area (Å²) in [6.45, 7) is 4.91. The quantitative estimate of drug-likeness (QED) is 0.294. The monoisotopic (exact) mass is 684 g/mol. The van der Waals surface area contributed by atoms with Gasteiger partial charge in [0.25, 0.3) is 0 Å². The van der Waals surface area contributed by atoms with Crippen LogP contribution >= 0.6 is 0 Å². The molecule has 0 aromatic heterocycles. The van der Waals surface area contributed by atoms with Gasteiger partial charge in [-0.25, -0.2) is 0 Å². The molecule has 53 heavy (non-hydrogen) atoms. The predicted molar refractivity (Wildman–Crippen MR) is 224 cm³/mol. The van der Waals surface area contributed by atoms with Crippen LogP contribution in [-0.4, -0.2) is 0 Å². The van der Waals surface area contributed by atoms with Gasteiger partial charge >= 0.3 is 0 Å². The summed E-state index contributed by atoms with van der Waals surface area (Å²) in [6.07, 6.45) is 50.2. The topological polar surface area (TPSA) is 0 Å². The number of hydrogen-bond acceptors (Lipinski definition) is 0. The fourth-order valence-electron chi connectivity index (χ4n) is 10.7. The Labute approximate surface area is 315 Å². The van der Waals surface area contributed by atoms with Crippen LogP contribution in [0.15, 0.2) is 197 Å². The Kier molecular flexibility index (Phi) is 7.98. The second-order valence-corrected chi connectivity index (χ2v) is 16.6. The van der Waals surface area contributed by atoms with E-state index in [0.29, 0.717) is 29.6 Å². The Morgan fingerprint density at radius 2 is 1.09 bits per heavy atom. The highest BCUT2D eigenvalue weighted by atomic mass is 14.5. The van der Waals surface area contributed by atoms with E-state index in [1.807, 2.05) is 0 Å². The molecule has 5 atom stereocenters. The second kappa shape index (κ2) is 13.0. The summed E-state index contributed by atoms with van der Waals surface area (Å²) >= 11 is 0. The van der Waals surface area contributed by atoms with Crippen LogP contribution in [0, 0.1) is 29.6 Å². The molecule has 0 radical (unpaired) electrons. The zero-order valence-corrected chi connectivity index (χ0v) is 31.0. The van der Waals surface area contributed by atoms with Crippen molar-refractivity contribution in [2.45, 2.75) is 51.4 Å². The highest BCUT2D eigenvalue weighted by Crippen LogP contribution is 2.55. The Balaban J connectivity index is 0.962. The van der Waals surface area contributed by atoms with Crippen molar-refractivity contribution < 1.29 is 0 Å². The molecule has 2 aromatic rings. The first-order valence-corrected chi connectivity index (χ1v) is 20.0. The van der Waals surface area contributed by atoms with Crippen molar-refractivity contribution in [2.75, 3.05) is 0 Å². The fourth-order valence-corrected chi connectivity index (χ4v) is 10.7. The van der Waals surface area contributed by atoms with Crippen molar-refractivity contribution in [3.63, 3.8) is 0 Å². The van der Waals surface area contributed by atoms with E-state index in [4.69, 9.17) is 0 Å². The summed E-state index contributed by atoms with van der Waals surface area (Å²) in [6, 6.07) is 18.4. The molecular formula is C53H48. The van der Waals surface area contributed by atoms with Crippen molar-refractivity contribution in [3.05, 3.63) is 219 Å². The molecular weight excluding hydrogens is 637 g/mol. The van der Waals surface area contributed by atoms with Gasteiger partial charge in [-0.2, -0.15) is 0 Å². The molecule has 8 aliphatic carbocycles. The third-order valence-corrected chi connectivity index (χ3v) is 13.5. The predicted octanol–water partition coefficient (Wildman–Crippen LogP) is 11.4. The summed E-state index contributed by atoms with van der Waals surface area (Å²) in [4.78, 5) is 0. The van der Waals surface area contributed by atoms with Gasteiger partial charge in [-0.3, -0.25) is 0 Å². The van der Waals surface area contributed by atoms with Gasteiger partial charge in [0.05, 0.1) is 0 Å². The maximum absolute atomic E-state index is 2.48. The molecule has 10 rings (SSSR count). The van der Waals surface area contributed by atoms with Gasteiger partial charge in [-0.15, -0.1) is 0 Å². The van der Waals surface area contributed by atoms with Crippen LogP contribution in [-0.2, 0) is 5.41 Å². The maximum Gasteiger partial charge on any atom is 0.0134 e. The molecule has 2 aromatic carbocycles. The van der Waals surface area contributed by atoms with Gasteiger partial charge in [0.2, 0.25) is 0 Å². The van der Waals surface area contributed by atoms with Gasteiger partial charge in [0.1, 0.15) is 0 Å². The number of allylic oxidation sites excluding steroid dienone is 26. The van der Waals surface area contributed by atoms with E-state index in [1.54, 1.807) is 0 Å². The van der Waals surface area contributed by atoms with Crippen LogP contribution in [0.5, 0.6) is 0 Å². The highest BCUT2D eigenvalue weighted by molar-refractivity contribution is 5.85. The fraction of sp³-hybridized carbons (Fsp3) is 0.245. The number of hydrogen-bond donors (Lipinski definition) is 0. The highest BCUT2D eigenvalue weighted by Gasteiger charge is 2.45. The number of fused-ring (bicyclic) bond motifs is 6. The summed E-state index contributed by atoms with van der Waals surface area (Å²) in [5.74, 6) is 2.17. The molecule has 260 valence electrons. The van der Waals surface area contributed by atoms with E-state index in [-0.39, 0.29) is 5.41 Å². The minimum Gasteiger partial charge on any atom is -0.0767 e. The smallest absolute Gasteiger partial charge is 0.0134 e. The van der Waals surface area contributed by atoms with E-state index in [9.17, 15) is 0 Å². The Hall–Kier alpha value is -5.20. The molecule has 0 bridgehead atoms. The van der Waals surface area contributed by atoms with Crippen LogP contribution in [0.2, 0.25) is 0 Å². The first-order chi connectivity index (χ1) is 26.0. The zero-order chi connectivity index (χ0) is 35.5. The summed E-state index contributed by atoms with van der Waals surface area (Å²) in [5.41, 5.74) is 16.5. The molecule has 0 fully saturated rings. The van der Waals surface area contributed by atoms with Gasteiger partial charge in [-0.1, -0.05) is 178 Å². The minimum absolute atomic E-state index is 0.118. The van der Waals surface area contributed by atoms with Crippen molar-refractivity contribution in [2.24, 2.45) is 29.6 Å². The lowest BCUT2D eigenvalue weighted by molar-refractivity contribution is 0.409. The Bertz CT molecular complexity index is 2460. The maximum atomic E-state index is 2.48. The number of benzene rings is 2. The van der Waals surface area contributed by atoms with Crippen molar-refractivity contribution in [1.29, 1.82) is 0 Å². The normalized spacial score (nSPS) is 28.8. The van der Waals surface area contributed by atoms with Crippen LogP contribution in [0.4, 0.5) is 0 Å². The van der Waals surface area contributed by atoms with Crippen molar-refractivity contribution in [1.82, 2.24) is 0 Å². The van der Waals surface area contributed by atoms with Crippen molar-refractivity contribution in [3.8, 4) is 0 Å². The lowest BCUT2D eigenvalue weighted by Gasteiger charge is -2.38. The zero-order valence-electron chi connectivity index (χ0n) is 31.0. The van der Waals surface area contributed by atoms with E-state index in [1.165, 1.54) is 71.7 Å². The molecule has 8 aliphatic rings. The van der Waals surface area contributed by atoms with E-state index >= 15 is 0 Å². The van der Waals surface area contributed by atoms with E-state index in [0.717, 1.165) is 32.1 Å². The van der Waals surface area contributed by atoms with Crippen LogP contribution in [0.25, 0.3) is 16.7 Å². The van der Waals surface area contributed by atoms with Crippen LogP contribution in [0.1, 0.15) is 57.1 Å². The van der Waals surface area contributed by atoms with Gasteiger partial charge in [0.15, 0.2) is 0 Å². The van der Waals surface area contributed by atoms with Gasteiger partial charge in [0, 0.05) is 23.7 Å². The van der Waals surface area contributed by atoms with Crippen LogP contribution < -0.4 is 10.4 Å². The molecule has 0 spiro atoms. The molecule has 0 nitrogen and oxygen atoms in total. The first-order valence-electron chi connectivity index (χ1n) is 20.0. The molecule has 0 heterocycles. The summed E-state index contributed by atoms with van der Waals surface area (Å²) in [5, 5.41) is 2.86. The Morgan fingerprint density at radius 1 is 0.509 bits per heavy atom. The Morgan fingerprint density at radius 3 is 1.79 bits per heavy atom. The standard InChI is InChI=1S/C53H48/c1-53(2)49-21-10-9-15-43(49)44-33-32-40(34-50(44)53)52-47-18-7-5-16-45(47)51(46-17-6-8-19-48(46)52)39-30-26-36(27-31-39)23-22-35-24-28-38(29-25-35)42-20-11-13-37-12-3-4-14-41(37)42/h3-24,26,28,30,32-33,37,41,45,47,50H,25,27,29,31,34H2,1-2H3. The lowest BCUT2D eigenvalue weighted by atomic mass is 9.65. The SMILES string of the molecule is CC1(C)c2ccccc2C2=CC=C(C3=c4ccccc4=C(C4=CC=C(C=CC5=CC=C(C6=CC=CC7C=CC=CC67)CC5)CC4)C4C=CC=CC34)CC21. The van der Waals surface area contributed by atoms with E-state index in [2.05, 4.69) is 178 Å². The average Bonchev–Trinajstić information content (AvgIpc) is 3.44. The van der Waals surface area contributed by atoms with Crippen LogP contribution in [0.3, 0.4) is 0 Å². The van der Waals surface area contributed by atoms with Gasteiger partial charge < -0.3 is 0 Å².